The number of aromatic nitrogens is 1. The van der Waals surface area contributed by atoms with Crippen molar-refractivity contribution in [3.63, 3.8) is 0 Å². The topological polar surface area (TPSA) is 86.9 Å². The van der Waals surface area contributed by atoms with Gasteiger partial charge in [-0.15, -0.1) is 0 Å². The minimum absolute atomic E-state index is 0.339. The maximum absolute atomic E-state index is 11.5. The highest BCUT2D eigenvalue weighted by Gasteiger charge is 2.04. The lowest BCUT2D eigenvalue weighted by atomic mass is 10.3. The van der Waals surface area contributed by atoms with Crippen LogP contribution >= 0.6 is 0 Å². The van der Waals surface area contributed by atoms with Gasteiger partial charge in [-0.25, -0.2) is 5.43 Å². The molecular weight excluding hydrogens is 208 g/mol. The van der Waals surface area contributed by atoms with E-state index in [-0.39, 0.29) is 5.91 Å². The molecule has 6 heteroatoms. The largest absolute Gasteiger partial charge is 0.411 e. The van der Waals surface area contributed by atoms with Gasteiger partial charge in [0.15, 0.2) is 0 Å². The summed E-state index contributed by atoms with van der Waals surface area (Å²) in [6.07, 6.45) is 3.01. The van der Waals surface area contributed by atoms with E-state index in [0.29, 0.717) is 17.0 Å². The Morgan fingerprint density at radius 1 is 1.44 bits per heavy atom. The average Bonchev–Trinajstić information content (AvgIpc) is 2.35. The number of pyridine rings is 1. The van der Waals surface area contributed by atoms with Crippen molar-refractivity contribution in [3.8, 4) is 0 Å². The van der Waals surface area contributed by atoms with Gasteiger partial charge in [0, 0.05) is 12.4 Å². The molecule has 0 unspecified atom stereocenters. The Bertz CT molecular complexity index is 426. The quantitative estimate of drug-likeness (QED) is 0.453. The molecule has 0 aliphatic rings. The Balaban J connectivity index is 2.67. The summed E-state index contributed by atoms with van der Waals surface area (Å²) in [4.78, 5) is 15.3. The van der Waals surface area contributed by atoms with Crippen LogP contribution in [0.15, 0.2) is 34.8 Å². The van der Waals surface area contributed by atoms with Crippen LogP contribution in [0.1, 0.15) is 24.2 Å². The summed E-state index contributed by atoms with van der Waals surface area (Å²) in [5.74, 6) is -0.363. The summed E-state index contributed by atoms with van der Waals surface area (Å²) in [5.41, 5.74) is 3.52. The predicted octanol–water partition coefficient (Wildman–Crippen LogP) is 1.04. The summed E-state index contributed by atoms with van der Waals surface area (Å²) in [5, 5.41) is 15.2. The Morgan fingerprint density at radius 2 is 2.19 bits per heavy atom. The molecule has 16 heavy (non-hydrogen) atoms. The highest BCUT2D eigenvalue weighted by Crippen LogP contribution is 1.94. The van der Waals surface area contributed by atoms with E-state index in [1.54, 1.807) is 32.2 Å². The van der Waals surface area contributed by atoms with Gasteiger partial charge in [0.25, 0.3) is 5.91 Å². The molecule has 0 spiro atoms. The van der Waals surface area contributed by atoms with Crippen molar-refractivity contribution >= 4 is 17.3 Å². The van der Waals surface area contributed by atoms with Crippen molar-refractivity contribution in [1.82, 2.24) is 10.4 Å². The third-order valence-corrected chi connectivity index (χ3v) is 1.92. The first-order valence-corrected chi connectivity index (χ1v) is 4.59. The van der Waals surface area contributed by atoms with E-state index < -0.39 is 0 Å². The number of hydrazone groups is 1. The lowest BCUT2D eigenvalue weighted by Gasteiger charge is -2.00. The van der Waals surface area contributed by atoms with Crippen molar-refractivity contribution in [2.45, 2.75) is 13.8 Å². The minimum atomic E-state index is -0.363. The Kier molecular flexibility index (Phi) is 4.14. The zero-order valence-electron chi connectivity index (χ0n) is 9.01. The summed E-state index contributed by atoms with van der Waals surface area (Å²) < 4.78 is 0. The van der Waals surface area contributed by atoms with Gasteiger partial charge in [-0.05, 0) is 26.0 Å². The van der Waals surface area contributed by atoms with Gasteiger partial charge < -0.3 is 5.21 Å². The number of hydrogen-bond acceptors (Lipinski definition) is 5. The van der Waals surface area contributed by atoms with E-state index >= 15 is 0 Å². The number of rotatable bonds is 3. The molecule has 1 aromatic rings. The molecule has 0 fully saturated rings. The van der Waals surface area contributed by atoms with Gasteiger partial charge in [-0.3, -0.25) is 9.78 Å². The van der Waals surface area contributed by atoms with Crippen LogP contribution in [0, 0.1) is 0 Å². The lowest BCUT2D eigenvalue weighted by Crippen LogP contribution is -2.21. The van der Waals surface area contributed by atoms with E-state index in [2.05, 4.69) is 20.7 Å². The molecule has 2 N–H and O–H groups in total. The van der Waals surface area contributed by atoms with E-state index in [4.69, 9.17) is 5.21 Å². The fourth-order valence-electron chi connectivity index (χ4n) is 0.850. The Morgan fingerprint density at radius 3 is 2.75 bits per heavy atom. The second kappa shape index (κ2) is 5.59. The average molecular weight is 220 g/mol. The molecule has 0 saturated carbocycles. The van der Waals surface area contributed by atoms with E-state index in [9.17, 15) is 4.79 Å². The highest BCUT2D eigenvalue weighted by molar-refractivity contribution is 6.40. The van der Waals surface area contributed by atoms with Crippen molar-refractivity contribution < 1.29 is 10.0 Å². The van der Waals surface area contributed by atoms with Crippen LogP contribution in [-0.2, 0) is 0 Å². The molecule has 0 aliphatic carbocycles. The van der Waals surface area contributed by atoms with Gasteiger partial charge >= 0.3 is 0 Å². The first-order chi connectivity index (χ1) is 7.65. The summed E-state index contributed by atoms with van der Waals surface area (Å²) >= 11 is 0. The monoisotopic (exact) mass is 220 g/mol. The maximum atomic E-state index is 11.5. The molecule has 1 aromatic heterocycles. The lowest BCUT2D eigenvalue weighted by molar-refractivity contribution is 0.0954. The van der Waals surface area contributed by atoms with Crippen LogP contribution in [-0.4, -0.2) is 27.5 Å². The summed E-state index contributed by atoms with van der Waals surface area (Å²) in [6, 6.07) is 3.28. The molecule has 1 rings (SSSR count). The van der Waals surface area contributed by atoms with Crippen LogP contribution in [0.3, 0.4) is 0 Å². The van der Waals surface area contributed by atoms with Crippen molar-refractivity contribution in [3.05, 3.63) is 30.1 Å². The first-order valence-electron chi connectivity index (χ1n) is 4.59. The van der Waals surface area contributed by atoms with Crippen molar-refractivity contribution in [1.29, 1.82) is 0 Å². The zero-order chi connectivity index (χ0) is 12.0. The summed E-state index contributed by atoms with van der Waals surface area (Å²) in [7, 11) is 0. The molecule has 0 aromatic carbocycles. The molecule has 0 aliphatic heterocycles. The number of nitrogens with zero attached hydrogens (tertiary/aromatic N) is 3. The SMILES string of the molecule is CC(=N/O)/C(C)=N/NC(=O)c1cccnc1. The second-order valence-electron chi connectivity index (χ2n) is 3.07. The molecule has 0 bridgehead atoms. The van der Waals surface area contributed by atoms with Crippen LogP contribution in [0.25, 0.3) is 0 Å². The number of amides is 1. The highest BCUT2D eigenvalue weighted by atomic mass is 16.4. The van der Waals surface area contributed by atoms with Crippen molar-refractivity contribution in [2.24, 2.45) is 10.3 Å². The van der Waals surface area contributed by atoms with Gasteiger partial charge in [-0.1, -0.05) is 5.16 Å². The Hall–Kier alpha value is -2.24. The number of carbonyl (C=O) groups is 1. The number of hydrogen-bond donors (Lipinski definition) is 2. The van der Waals surface area contributed by atoms with Gasteiger partial charge in [-0.2, -0.15) is 5.10 Å². The molecular formula is C10H12N4O2. The van der Waals surface area contributed by atoms with E-state index in [0.717, 1.165) is 0 Å². The molecule has 1 amide bonds. The Labute approximate surface area is 92.7 Å². The maximum Gasteiger partial charge on any atom is 0.272 e. The normalized spacial score (nSPS) is 12.4. The van der Waals surface area contributed by atoms with E-state index in [1.807, 2.05) is 0 Å². The van der Waals surface area contributed by atoms with Crippen molar-refractivity contribution in [2.75, 3.05) is 0 Å². The van der Waals surface area contributed by atoms with Gasteiger partial charge in [0.1, 0.15) is 0 Å². The molecule has 0 atom stereocenters. The zero-order valence-corrected chi connectivity index (χ0v) is 9.01. The summed E-state index contributed by atoms with van der Waals surface area (Å²) in [6.45, 7) is 3.20. The molecule has 1 heterocycles. The van der Waals surface area contributed by atoms with Crippen LogP contribution in [0.5, 0.6) is 0 Å². The third kappa shape index (κ3) is 3.16. The van der Waals surface area contributed by atoms with Crippen LogP contribution in [0.2, 0.25) is 0 Å². The fourth-order valence-corrected chi connectivity index (χ4v) is 0.850. The number of carbonyl (C=O) groups excluding carboxylic acids is 1. The number of nitrogens with one attached hydrogen (secondary N) is 1. The van der Waals surface area contributed by atoms with Crippen LogP contribution in [0.4, 0.5) is 0 Å². The predicted molar refractivity (Wildman–Crippen MR) is 59.7 cm³/mol. The third-order valence-electron chi connectivity index (χ3n) is 1.92. The second-order valence-corrected chi connectivity index (χ2v) is 3.07. The molecule has 6 nitrogen and oxygen atoms in total. The smallest absolute Gasteiger partial charge is 0.272 e. The first kappa shape index (κ1) is 11.8. The fraction of sp³-hybridized carbons (Fsp3) is 0.200. The minimum Gasteiger partial charge on any atom is -0.411 e. The van der Waals surface area contributed by atoms with Gasteiger partial charge in [0.05, 0.1) is 17.0 Å². The van der Waals surface area contributed by atoms with Gasteiger partial charge in [0.2, 0.25) is 0 Å². The molecule has 84 valence electrons. The van der Waals surface area contributed by atoms with Crippen LogP contribution < -0.4 is 5.43 Å². The number of oxime groups is 1. The van der Waals surface area contributed by atoms with E-state index in [1.165, 1.54) is 6.20 Å². The standard InChI is InChI=1S/C10H12N4O2/c1-7(8(2)14-16)12-13-10(15)9-4-3-5-11-6-9/h3-6,16H,1-2H3,(H,13,15)/b12-7+,14-8-. The molecule has 0 saturated heterocycles. The molecule has 0 radical (unpaired) electrons.